The van der Waals surface area contributed by atoms with Gasteiger partial charge in [-0.3, -0.25) is 9.59 Å². The first-order valence-corrected chi connectivity index (χ1v) is 8.07. The Morgan fingerprint density at radius 2 is 2.14 bits per heavy atom. The number of thioether (sulfide) groups is 1. The minimum Gasteiger partial charge on any atom is -0.359 e. The fourth-order valence-electron chi connectivity index (χ4n) is 2.42. The van der Waals surface area contributed by atoms with Crippen LogP contribution in [0.2, 0.25) is 0 Å². The van der Waals surface area contributed by atoms with Crippen molar-refractivity contribution in [3.63, 3.8) is 0 Å². The normalized spacial score (nSPS) is 18.1. The molecule has 0 aliphatic carbocycles. The molecular weight excluding hydrogens is 310 g/mol. The molecular formula is C15H18F2N2O2S. The lowest BCUT2D eigenvalue weighted by Crippen LogP contribution is -2.45. The molecule has 2 amide bonds. The lowest BCUT2D eigenvalue weighted by atomic mass is 9.97. The fraction of sp³-hybridized carbons (Fsp3) is 0.467. The highest BCUT2D eigenvalue weighted by molar-refractivity contribution is 8.00. The molecule has 1 unspecified atom stereocenters. The number of nitrogens with one attached hydrogen (secondary N) is 1. The van der Waals surface area contributed by atoms with Crippen LogP contribution in [0.25, 0.3) is 0 Å². The van der Waals surface area contributed by atoms with Crippen molar-refractivity contribution in [3.05, 3.63) is 29.8 Å². The molecule has 4 nitrogen and oxygen atoms in total. The Bertz CT molecular complexity index is 568. The molecule has 1 saturated heterocycles. The van der Waals surface area contributed by atoms with E-state index < -0.39 is 11.6 Å². The number of carbonyl (C=O) groups excluding carboxylic acids is 2. The predicted octanol–water partition coefficient (Wildman–Crippen LogP) is 2.04. The third kappa shape index (κ3) is 4.19. The van der Waals surface area contributed by atoms with Crippen molar-refractivity contribution in [2.75, 3.05) is 25.9 Å². The second-order valence-electron chi connectivity index (χ2n) is 5.16. The first kappa shape index (κ1) is 16.7. The van der Waals surface area contributed by atoms with E-state index in [0.717, 1.165) is 36.7 Å². The lowest BCUT2D eigenvalue weighted by Gasteiger charge is -2.31. The monoisotopic (exact) mass is 328 g/mol. The van der Waals surface area contributed by atoms with Crippen molar-refractivity contribution in [1.82, 2.24) is 10.2 Å². The van der Waals surface area contributed by atoms with E-state index in [1.165, 1.54) is 6.07 Å². The van der Waals surface area contributed by atoms with E-state index in [4.69, 9.17) is 0 Å². The van der Waals surface area contributed by atoms with E-state index >= 15 is 0 Å². The Balaban J connectivity index is 1.88. The number of carbonyl (C=O) groups is 2. The molecule has 7 heteroatoms. The maximum Gasteiger partial charge on any atom is 0.232 e. The van der Waals surface area contributed by atoms with Crippen LogP contribution in [0.1, 0.15) is 12.8 Å². The second-order valence-corrected chi connectivity index (χ2v) is 6.21. The van der Waals surface area contributed by atoms with Gasteiger partial charge in [0.2, 0.25) is 11.8 Å². The van der Waals surface area contributed by atoms with E-state index in [0.29, 0.717) is 18.0 Å². The quantitative estimate of drug-likeness (QED) is 0.861. The van der Waals surface area contributed by atoms with Crippen LogP contribution in [0, 0.1) is 17.6 Å². The molecule has 1 aromatic carbocycles. The van der Waals surface area contributed by atoms with Gasteiger partial charge in [-0.15, -0.1) is 11.8 Å². The van der Waals surface area contributed by atoms with Crippen LogP contribution in [-0.2, 0) is 9.59 Å². The number of likely N-dealkylation sites (tertiary alicyclic amines) is 1. The molecule has 1 fully saturated rings. The Hall–Kier alpha value is -1.63. The van der Waals surface area contributed by atoms with Gasteiger partial charge >= 0.3 is 0 Å². The van der Waals surface area contributed by atoms with Crippen LogP contribution in [-0.4, -0.2) is 42.6 Å². The van der Waals surface area contributed by atoms with Gasteiger partial charge in [0, 0.05) is 25.0 Å². The first-order chi connectivity index (χ1) is 10.5. The van der Waals surface area contributed by atoms with Crippen molar-refractivity contribution >= 4 is 23.6 Å². The molecule has 1 aliphatic heterocycles. The van der Waals surface area contributed by atoms with Gasteiger partial charge in [-0.05, 0) is 31.0 Å². The maximum absolute atomic E-state index is 13.1. The van der Waals surface area contributed by atoms with Crippen molar-refractivity contribution in [1.29, 1.82) is 0 Å². The van der Waals surface area contributed by atoms with Gasteiger partial charge in [-0.1, -0.05) is 0 Å². The average Bonchev–Trinajstić information content (AvgIpc) is 2.55. The van der Waals surface area contributed by atoms with Gasteiger partial charge < -0.3 is 10.2 Å². The Kier molecular flexibility index (Phi) is 5.76. The molecule has 1 aromatic rings. The van der Waals surface area contributed by atoms with Gasteiger partial charge in [0.1, 0.15) is 0 Å². The standard InChI is InChI=1S/C15H18F2N2O2S/c1-18-15(21)10-3-2-6-19(8-10)14(20)9-22-11-4-5-12(16)13(17)7-11/h4-5,7,10H,2-3,6,8-9H2,1H3,(H,18,21). The molecule has 2 rings (SSSR count). The summed E-state index contributed by atoms with van der Waals surface area (Å²) in [5.41, 5.74) is 0. The summed E-state index contributed by atoms with van der Waals surface area (Å²) in [6.45, 7) is 1.04. The van der Waals surface area contributed by atoms with Gasteiger partial charge in [0.25, 0.3) is 0 Å². The fourth-order valence-corrected chi connectivity index (χ4v) is 3.25. The van der Waals surface area contributed by atoms with Crippen LogP contribution in [0.3, 0.4) is 0 Å². The largest absolute Gasteiger partial charge is 0.359 e. The van der Waals surface area contributed by atoms with E-state index in [1.807, 2.05) is 0 Å². The SMILES string of the molecule is CNC(=O)C1CCCN(C(=O)CSc2ccc(F)c(F)c2)C1. The Morgan fingerprint density at radius 1 is 1.36 bits per heavy atom. The van der Waals surface area contributed by atoms with E-state index in [-0.39, 0.29) is 23.5 Å². The van der Waals surface area contributed by atoms with Gasteiger partial charge in [-0.2, -0.15) is 0 Å². The molecule has 0 saturated carbocycles. The number of rotatable bonds is 4. The highest BCUT2D eigenvalue weighted by atomic mass is 32.2. The van der Waals surface area contributed by atoms with Crippen LogP contribution >= 0.6 is 11.8 Å². The van der Waals surface area contributed by atoms with E-state index in [9.17, 15) is 18.4 Å². The molecule has 0 radical (unpaired) electrons. The summed E-state index contributed by atoms with van der Waals surface area (Å²) >= 11 is 1.16. The van der Waals surface area contributed by atoms with E-state index in [1.54, 1.807) is 11.9 Å². The number of piperidine rings is 1. The Morgan fingerprint density at radius 3 is 2.82 bits per heavy atom. The topological polar surface area (TPSA) is 49.4 Å². The molecule has 0 spiro atoms. The Labute approximate surface area is 132 Å². The van der Waals surface area contributed by atoms with Gasteiger partial charge in [0.15, 0.2) is 11.6 Å². The molecule has 0 bridgehead atoms. The lowest BCUT2D eigenvalue weighted by molar-refractivity contribution is -0.133. The number of halogens is 2. The summed E-state index contributed by atoms with van der Waals surface area (Å²) in [6, 6.07) is 3.57. The first-order valence-electron chi connectivity index (χ1n) is 7.08. The summed E-state index contributed by atoms with van der Waals surface area (Å²) in [5.74, 6) is -1.99. The summed E-state index contributed by atoms with van der Waals surface area (Å²) in [6.07, 6.45) is 1.57. The summed E-state index contributed by atoms with van der Waals surface area (Å²) in [5, 5.41) is 2.60. The number of hydrogen-bond donors (Lipinski definition) is 1. The number of hydrogen-bond acceptors (Lipinski definition) is 3. The summed E-state index contributed by atoms with van der Waals surface area (Å²) < 4.78 is 26.0. The average molecular weight is 328 g/mol. The van der Waals surface area contributed by atoms with Crippen molar-refractivity contribution in [2.45, 2.75) is 17.7 Å². The number of benzene rings is 1. The minimum atomic E-state index is -0.921. The molecule has 0 aromatic heterocycles. The molecule has 1 atom stereocenters. The molecule has 1 aliphatic rings. The molecule has 1 heterocycles. The summed E-state index contributed by atoms with van der Waals surface area (Å²) in [7, 11) is 1.59. The molecule has 1 N–H and O–H groups in total. The van der Waals surface area contributed by atoms with Crippen LogP contribution in [0.15, 0.2) is 23.1 Å². The maximum atomic E-state index is 13.1. The molecule has 22 heavy (non-hydrogen) atoms. The van der Waals surface area contributed by atoms with Crippen LogP contribution < -0.4 is 5.32 Å². The second kappa shape index (κ2) is 7.58. The summed E-state index contributed by atoms with van der Waals surface area (Å²) in [4.78, 5) is 26.0. The van der Waals surface area contributed by atoms with Crippen LogP contribution in [0.4, 0.5) is 8.78 Å². The molecule has 120 valence electrons. The van der Waals surface area contributed by atoms with Gasteiger partial charge in [0.05, 0.1) is 11.7 Å². The van der Waals surface area contributed by atoms with Crippen molar-refractivity contribution in [3.8, 4) is 0 Å². The zero-order valence-corrected chi connectivity index (χ0v) is 13.1. The highest BCUT2D eigenvalue weighted by Gasteiger charge is 2.27. The van der Waals surface area contributed by atoms with Crippen molar-refractivity contribution < 1.29 is 18.4 Å². The van der Waals surface area contributed by atoms with E-state index in [2.05, 4.69) is 5.32 Å². The third-order valence-corrected chi connectivity index (χ3v) is 4.62. The number of amides is 2. The van der Waals surface area contributed by atoms with Gasteiger partial charge in [-0.25, -0.2) is 8.78 Å². The predicted molar refractivity (Wildman–Crippen MR) is 80.5 cm³/mol. The minimum absolute atomic E-state index is 0.0502. The third-order valence-electron chi connectivity index (χ3n) is 3.64. The smallest absolute Gasteiger partial charge is 0.232 e. The highest BCUT2D eigenvalue weighted by Crippen LogP contribution is 2.22. The van der Waals surface area contributed by atoms with Crippen LogP contribution in [0.5, 0.6) is 0 Å². The zero-order valence-electron chi connectivity index (χ0n) is 12.3. The van der Waals surface area contributed by atoms with Crippen molar-refractivity contribution in [2.24, 2.45) is 5.92 Å². The zero-order chi connectivity index (χ0) is 16.1. The number of nitrogens with zero attached hydrogens (tertiary/aromatic N) is 1.